The quantitative estimate of drug-likeness (QED) is 0.869. The van der Waals surface area contributed by atoms with Gasteiger partial charge in [0.1, 0.15) is 5.82 Å². The number of urea groups is 1. The molecule has 0 radical (unpaired) electrons. The highest BCUT2D eigenvalue weighted by atomic mass is 19.1. The van der Waals surface area contributed by atoms with Crippen molar-refractivity contribution in [3.8, 4) is 11.5 Å². The van der Waals surface area contributed by atoms with Gasteiger partial charge >= 0.3 is 6.03 Å². The van der Waals surface area contributed by atoms with E-state index in [1.54, 1.807) is 23.1 Å². The topological polar surface area (TPSA) is 71.0 Å². The van der Waals surface area contributed by atoms with Crippen molar-refractivity contribution in [3.05, 3.63) is 59.4 Å². The van der Waals surface area contributed by atoms with E-state index in [1.165, 1.54) is 6.07 Å². The predicted molar refractivity (Wildman–Crippen MR) is 96.1 cm³/mol. The van der Waals surface area contributed by atoms with Crippen LogP contribution >= 0.6 is 0 Å². The largest absolute Gasteiger partial charge is 0.454 e. The number of nitrogens with one attached hydrogen (secondary N) is 1. The van der Waals surface area contributed by atoms with E-state index in [1.807, 2.05) is 18.2 Å². The van der Waals surface area contributed by atoms with Gasteiger partial charge in [0, 0.05) is 31.1 Å². The summed E-state index contributed by atoms with van der Waals surface area (Å²) in [5, 5.41) is 13.3. The number of nitrogens with zero attached hydrogens (tertiary/aromatic N) is 1. The highest BCUT2D eigenvalue weighted by Crippen LogP contribution is 2.37. The number of likely N-dealkylation sites (tertiary alicyclic amines) is 1. The lowest BCUT2D eigenvalue weighted by Crippen LogP contribution is -2.49. The van der Waals surface area contributed by atoms with Crippen molar-refractivity contribution in [2.24, 2.45) is 0 Å². The second-order valence-electron chi connectivity index (χ2n) is 6.77. The van der Waals surface area contributed by atoms with Crippen molar-refractivity contribution in [2.45, 2.75) is 25.0 Å². The highest BCUT2D eigenvalue weighted by molar-refractivity contribution is 5.74. The van der Waals surface area contributed by atoms with Gasteiger partial charge in [0.25, 0.3) is 0 Å². The molecule has 2 atom stereocenters. The molecule has 2 aliphatic rings. The number of β-amino-alcohol motifs (C(OH)–C–C–N with tert-alkyl or cyclic N) is 1. The third-order valence-corrected chi connectivity index (χ3v) is 5.08. The van der Waals surface area contributed by atoms with Crippen molar-refractivity contribution < 1.29 is 23.8 Å². The number of aliphatic hydroxyl groups is 1. The molecule has 2 aromatic rings. The van der Waals surface area contributed by atoms with Gasteiger partial charge < -0.3 is 24.8 Å². The van der Waals surface area contributed by atoms with Crippen molar-refractivity contribution >= 4 is 6.03 Å². The Labute approximate surface area is 156 Å². The van der Waals surface area contributed by atoms with Crippen molar-refractivity contribution in [1.82, 2.24) is 10.2 Å². The average Bonchev–Trinajstić information content (AvgIpc) is 3.15. The Morgan fingerprint density at radius 2 is 2.04 bits per heavy atom. The normalized spacial score (nSPS) is 21.2. The van der Waals surface area contributed by atoms with E-state index in [-0.39, 0.29) is 37.6 Å². The maximum Gasteiger partial charge on any atom is 0.317 e. The highest BCUT2D eigenvalue weighted by Gasteiger charge is 2.32. The molecule has 2 N–H and O–H groups in total. The Morgan fingerprint density at radius 1 is 1.22 bits per heavy atom. The van der Waals surface area contributed by atoms with Gasteiger partial charge in [-0.2, -0.15) is 0 Å². The summed E-state index contributed by atoms with van der Waals surface area (Å²) >= 11 is 0. The molecule has 0 saturated carbocycles. The van der Waals surface area contributed by atoms with E-state index in [0.717, 1.165) is 5.56 Å². The molecule has 6 nitrogen and oxygen atoms in total. The molecule has 0 bridgehead atoms. The summed E-state index contributed by atoms with van der Waals surface area (Å²) in [5.41, 5.74) is 1.40. The lowest BCUT2D eigenvalue weighted by molar-refractivity contribution is 0.0653. The summed E-state index contributed by atoms with van der Waals surface area (Å²) < 4.78 is 24.4. The molecule has 7 heteroatoms. The van der Waals surface area contributed by atoms with Gasteiger partial charge in [-0.25, -0.2) is 9.18 Å². The number of amides is 2. The zero-order valence-corrected chi connectivity index (χ0v) is 14.7. The summed E-state index contributed by atoms with van der Waals surface area (Å²) in [6.07, 6.45) is -0.0492. The molecule has 1 fully saturated rings. The number of rotatable bonds is 3. The number of fused-ring (bicyclic) bond motifs is 1. The SMILES string of the molecule is O=C(NCc1ccccc1F)N1CC[C@@H](c2ccc3c(c2)OCO3)[C@H](O)C1. The lowest BCUT2D eigenvalue weighted by Gasteiger charge is -2.36. The van der Waals surface area contributed by atoms with Gasteiger partial charge in [0.05, 0.1) is 6.10 Å². The Balaban J connectivity index is 1.35. The van der Waals surface area contributed by atoms with Gasteiger partial charge in [-0.15, -0.1) is 0 Å². The van der Waals surface area contributed by atoms with Gasteiger partial charge in [-0.3, -0.25) is 0 Å². The van der Waals surface area contributed by atoms with Crippen LogP contribution in [0.15, 0.2) is 42.5 Å². The predicted octanol–water partition coefficient (Wildman–Crippen LogP) is 2.61. The second-order valence-corrected chi connectivity index (χ2v) is 6.77. The molecule has 2 aromatic carbocycles. The van der Waals surface area contributed by atoms with Gasteiger partial charge in [-0.05, 0) is 30.2 Å². The summed E-state index contributed by atoms with van der Waals surface area (Å²) in [6.45, 7) is 1.06. The summed E-state index contributed by atoms with van der Waals surface area (Å²) in [7, 11) is 0. The van der Waals surface area contributed by atoms with Gasteiger partial charge in [0.15, 0.2) is 11.5 Å². The summed E-state index contributed by atoms with van der Waals surface area (Å²) in [4.78, 5) is 13.9. The third-order valence-electron chi connectivity index (χ3n) is 5.08. The fourth-order valence-corrected chi connectivity index (χ4v) is 3.57. The molecular formula is C20H21FN2O4. The maximum atomic E-state index is 13.7. The van der Waals surface area contributed by atoms with E-state index in [9.17, 15) is 14.3 Å². The van der Waals surface area contributed by atoms with Gasteiger partial charge in [-0.1, -0.05) is 24.3 Å². The fourth-order valence-electron chi connectivity index (χ4n) is 3.57. The van der Waals surface area contributed by atoms with Crippen LogP contribution in [0.2, 0.25) is 0 Å². The standard InChI is InChI=1S/C20H21FN2O4/c21-16-4-2-1-3-14(16)10-22-20(25)23-8-7-15(17(24)11-23)13-5-6-18-19(9-13)27-12-26-18/h1-6,9,15,17,24H,7-8,10-12H2,(H,22,25)/t15-,17+/m0/s1. The first-order chi connectivity index (χ1) is 13.1. The molecule has 0 spiro atoms. The van der Waals surface area contributed by atoms with Crippen molar-refractivity contribution in [2.75, 3.05) is 19.9 Å². The van der Waals surface area contributed by atoms with E-state index in [2.05, 4.69) is 5.32 Å². The van der Waals surface area contributed by atoms with Crippen LogP contribution < -0.4 is 14.8 Å². The van der Waals surface area contributed by atoms with Crippen molar-refractivity contribution in [1.29, 1.82) is 0 Å². The number of hydrogen-bond acceptors (Lipinski definition) is 4. The molecule has 0 aromatic heterocycles. The average molecular weight is 372 g/mol. The van der Waals surface area contributed by atoms with Crippen LogP contribution in [0, 0.1) is 5.82 Å². The Morgan fingerprint density at radius 3 is 2.85 bits per heavy atom. The maximum absolute atomic E-state index is 13.7. The van der Waals surface area contributed by atoms with Crippen LogP contribution in [0.1, 0.15) is 23.5 Å². The smallest absolute Gasteiger partial charge is 0.317 e. The van der Waals surface area contributed by atoms with Crippen LogP contribution in [0.3, 0.4) is 0 Å². The van der Waals surface area contributed by atoms with Crippen molar-refractivity contribution in [3.63, 3.8) is 0 Å². The van der Waals surface area contributed by atoms with Gasteiger partial charge in [0.2, 0.25) is 6.79 Å². The van der Waals surface area contributed by atoms with Crippen LogP contribution in [-0.2, 0) is 6.54 Å². The molecular weight excluding hydrogens is 351 g/mol. The monoisotopic (exact) mass is 372 g/mol. The molecule has 4 rings (SSSR count). The molecule has 2 aliphatic heterocycles. The molecule has 0 unspecified atom stereocenters. The Hall–Kier alpha value is -2.80. The number of ether oxygens (including phenoxy) is 2. The lowest BCUT2D eigenvalue weighted by atomic mass is 9.87. The first kappa shape index (κ1) is 17.6. The van der Waals surface area contributed by atoms with Crippen LogP contribution in [0.5, 0.6) is 11.5 Å². The summed E-state index contributed by atoms with van der Waals surface area (Å²) in [5.74, 6) is 0.970. The van der Waals surface area contributed by atoms with Crippen LogP contribution in [0.4, 0.5) is 9.18 Å². The minimum atomic E-state index is -0.682. The Kier molecular flexibility index (Phi) is 4.85. The fraction of sp³-hybridized carbons (Fsp3) is 0.350. The number of piperidine rings is 1. The number of carbonyl (C=O) groups is 1. The van der Waals surface area contributed by atoms with Crippen LogP contribution in [0.25, 0.3) is 0 Å². The number of benzene rings is 2. The molecule has 142 valence electrons. The Bertz CT molecular complexity index is 844. The molecule has 27 heavy (non-hydrogen) atoms. The van der Waals surface area contributed by atoms with E-state index >= 15 is 0 Å². The van der Waals surface area contributed by atoms with Crippen LogP contribution in [-0.4, -0.2) is 42.0 Å². The van der Waals surface area contributed by atoms with E-state index in [4.69, 9.17) is 9.47 Å². The first-order valence-corrected chi connectivity index (χ1v) is 8.95. The zero-order valence-electron chi connectivity index (χ0n) is 14.7. The summed E-state index contributed by atoms with van der Waals surface area (Å²) in [6, 6.07) is 11.7. The molecule has 0 aliphatic carbocycles. The number of carbonyl (C=O) groups excluding carboxylic acids is 1. The number of hydrogen-bond donors (Lipinski definition) is 2. The molecule has 1 saturated heterocycles. The number of aliphatic hydroxyl groups excluding tert-OH is 1. The molecule has 2 heterocycles. The minimum Gasteiger partial charge on any atom is -0.454 e. The minimum absolute atomic E-state index is 0.0740. The zero-order chi connectivity index (χ0) is 18.8. The molecule has 2 amide bonds. The number of halogens is 1. The third kappa shape index (κ3) is 3.68. The first-order valence-electron chi connectivity index (χ1n) is 8.95. The van der Waals surface area contributed by atoms with E-state index in [0.29, 0.717) is 30.0 Å². The second kappa shape index (κ2) is 7.44. The van der Waals surface area contributed by atoms with E-state index < -0.39 is 6.10 Å².